The molecule has 1 aliphatic heterocycles. The van der Waals surface area contributed by atoms with E-state index < -0.39 is 29.1 Å². The van der Waals surface area contributed by atoms with Crippen molar-refractivity contribution in [2.75, 3.05) is 0 Å². The van der Waals surface area contributed by atoms with Gasteiger partial charge >= 0.3 is 5.97 Å². The molecule has 1 aromatic carbocycles. The smallest absolute Gasteiger partial charge is 0.334 e. The van der Waals surface area contributed by atoms with Gasteiger partial charge in [0.1, 0.15) is 35.5 Å². The number of rotatable bonds is 4. The molecule has 1 aromatic heterocycles. The average molecular weight is 472 g/mol. The van der Waals surface area contributed by atoms with Crippen molar-refractivity contribution in [2.24, 2.45) is 17.3 Å². The lowest BCUT2D eigenvalue weighted by atomic mass is 9.64. The van der Waals surface area contributed by atoms with Crippen molar-refractivity contribution >= 4 is 23.4 Å². The predicted molar refractivity (Wildman–Crippen MR) is 118 cm³/mol. The second kappa shape index (κ2) is 7.67. The van der Waals surface area contributed by atoms with E-state index in [0.717, 1.165) is 0 Å². The molecular formula is C24H26ClN3O5. The Balaban J connectivity index is 1.44. The highest BCUT2D eigenvalue weighted by atomic mass is 35.5. The van der Waals surface area contributed by atoms with Gasteiger partial charge in [-0.3, -0.25) is 4.79 Å². The minimum absolute atomic E-state index is 0.0748. The van der Waals surface area contributed by atoms with Gasteiger partial charge in [0.2, 0.25) is 0 Å². The molecule has 3 aliphatic rings. The number of aromatic nitrogens is 3. The van der Waals surface area contributed by atoms with Crippen LogP contribution in [0, 0.1) is 17.3 Å². The highest BCUT2D eigenvalue weighted by molar-refractivity contribution is 6.30. The van der Waals surface area contributed by atoms with E-state index in [0.29, 0.717) is 34.9 Å². The van der Waals surface area contributed by atoms with Crippen LogP contribution in [-0.2, 0) is 20.9 Å². The van der Waals surface area contributed by atoms with Gasteiger partial charge in [-0.1, -0.05) is 30.3 Å². The largest absolute Gasteiger partial charge is 0.487 e. The number of benzene rings is 1. The molecular weight excluding hydrogens is 446 g/mol. The van der Waals surface area contributed by atoms with Gasteiger partial charge in [-0.15, -0.1) is 5.10 Å². The minimum Gasteiger partial charge on any atom is -0.487 e. The number of carbonyl (C=O) groups is 2. The summed E-state index contributed by atoms with van der Waals surface area (Å²) in [5.74, 6) is -0.491. The first-order chi connectivity index (χ1) is 15.7. The molecule has 0 unspecified atom stereocenters. The molecule has 2 aromatic rings. The van der Waals surface area contributed by atoms with Crippen molar-refractivity contribution in [3.05, 3.63) is 53.3 Å². The maximum Gasteiger partial charge on any atom is 0.334 e. The molecule has 2 aliphatic carbocycles. The molecule has 1 saturated heterocycles. The molecule has 0 bridgehead atoms. The number of fused-ring (bicyclic) bond motifs is 3. The average Bonchev–Trinajstić information content (AvgIpc) is 3.42. The summed E-state index contributed by atoms with van der Waals surface area (Å²) in [5, 5.41) is 21.2. The molecule has 9 heteroatoms. The van der Waals surface area contributed by atoms with E-state index in [4.69, 9.17) is 21.1 Å². The molecule has 0 radical (unpaired) electrons. The van der Waals surface area contributed by atoms with Gasteiger partial charge in [0.05, 0.1) is 17.7 Å². The number of hydrogen-bond acceptors (Lipinski definition) is 7. The fourth-order valence-corrected chi connectivity index (χ4v) is 6.08. The molecule has 8 nitrogen and oxygen atoms in total. The van der Waals surface area contributed by atoms with E-state index >= 15 is 0 Å². The first kappa shape index (κ1) is 22.1. The molecule has 0 spiro atoms. The van der Waals surface area contributed by atoms with E-state index in [2.05, 4.69) is 16.9 Å². The van der Waals surface area contributed by atoms with E-state index in [1.165, 1.54) is 0 Å². The Morgan fingerprint density at radius 2 is 2.03 bits per heavy atom. The van der Waals surface area contributed by atoms with Crippen molar-refractivity contribution < 1.29 is 24.2 Å². The SMILES string of the molecule is C=C1C(=O)O[C@@H]2[C@H]1CC[C@H](C)[C@]1(O)[C@@H](n3cc(COc4ccc(Cl)cc4)nn3)CC(=O)[C@@]21C. The summed E-state index contributed by atoms with van der Waals surface area (Å²) in [6, 6.07) is 6.36. The Bertz CT molecular complexity index is 1130. The number of nitrogens with zero attached hydrogens (tertiary/aromatic N) is 3. The van der Waals surface area contributed by atoms with Crippen LogP contribution in [-0.4, -0.2) is 43.6 Å². The van der Waals surface area contributed by atoms with Crippen molar-refractivity contribution in [1.82, 2.24) is 15.0 Å². The first-order valence-corrected chi connectivity index (χ1v) is 11.5. The van der Waals surface area contributed by atoms with E-state index in [9.17, 15) is 14.7 Å². The molecule has 5 rings (SSSR count). The topological polar surface area (TPSA) is 104 Å². The second-order valence-electron chi connectivity index (χ2n) is 9.54. The van der Waals surface area contributed by atoms with Gasteiger partial charge in [0, 0.05) is 22.9 Å². The number of ether oxygens (including phenoxy) is 2. The maximum absolute atomic E-state index is 13.4. The van der Waals surface area contributed by atoms with Gasteiger partial charge in [0.15, 0.2) is 0 Å². The number of esters is 1. The number of carbonyl (C=O) groups excluding carboxylic acids is 2. The quantitative estimate of drug-likeness (QED) is 0.539. The predicted octanol–water partition coefficient (Wildman–Crippen LogP) is 3.29. The lowest BCUT2D eigenvalue weighted by molar-refractivity contribution is -0.178. The summed E-state index contributed by atoms with van der Waals surface area (Å²) < 4.78 is 13.0. The van der Waals surface area contributed by atoms with E-state index in [1.807, 2.05) is 6.92 Å². The maximum atomic E-state index is 13.4. The monoisotopic (exact) mass is 471 g/mol. The Hall–Kier alpha value is -2.71. The van der Waals surface area contributed by atoms with E-state index in [1.54, 1.807) is 42.1 Å². The van der Waals surface area contributed by atoms with Crippen molar-refractivity contribution in [3.63, 3.8) is 0 Å². The molecule has 33 heavy (non-hydrogen) atoms. The zero-order valence-electron chi connectivity index (χ0n) is 18.5. The molecule has 174 valence electrons. The van der Waals surface area contributed by atoms with E-state index in [-0.39, 0.29) is 30.6 Å². The second-order valence-corrected chi connectivity index (χ2v) is 9.98. The number of aliphatic hydroxyl groups is 1. The Morgan fingerprint density at radius 3 is 2.76 bits per heavy atom. The third kappa shape index (κ3) is 3.14. The third-order valence-corrected chi connectivity index (χ3v) is 8.17. The Labute approximate surface area is 196 Å². The summed E-state index contributed by atoms with van der Waals surface area (Å²) in [7, 11) is 0. The fourth-order valence-electron chi connectivity index (χ4n) is 5.96. The summed E-state index contributed by atoms with van der Waals surface area (Å²) in [6.07, 6.45) is 2.30. The van der Waals surface area contributed by atoms with Crippen LogP contribution in [0.4, 0.5) is 0 Å². The van der Waals surface area contributed by atoms with Crippen molar-refractivity contribution in [3.8, 4) is 5.75 Å². The van der Waals surface area contributed by atoms with Crippen LogP contribution in [0.1, 0.15) is 44.8 Å². The number of halogens is 1. The summed E-state index contributed by atoms with van der Waals surface area (Å²) in [5.41, 5.74) is -1.78. The minimum atomic E-state index is -1.46. The summed E-state index contributed by atoms with van der Waals surface area (Å²) >= 11 is 5.91. The molecule has 0 amide bonds. The van der Waals surface area contributed by atoms with Crippen LogP contribution in [0.25, 0.3) is 0 Å². The Morgan fingerprint density at radius 1 is 1.30 bits per heavy atom. The van der Waals surface area contributed by atoms with Crippen LogP contribution in [0.15, 0.2) is 42.6 Å². The van der Waals surface area contributed by atoms with Crippen LogP contribution < -0.4 is 4.74 Å². The summed E-state index contributed by atoms with van der Waals surface area (Å²) in [6.45, 7) is 7.74. The summed E-state index contributed by atoms with van der Waals surface area (Å²) in [4.78, 5) is 25.7. The molecule has 2 heterocycles. The zero-order chi connectivity index (χ0) is 23.5. The molecule has 2 saturated carbocycles. The van der Waals surface area contributed by atoms with Crippen molar-refractivity contribution in [2.45, 2.75) is 57.5 Å². The lowest BCUT2D eigenvalue weighted by Gasteiger charge is -2.46. The number of hydrogen-bond donors (Lipinski definition) is 1. The standard InChI is InChI=1S/C24H26ClN3O5/c1-13-4-9-18-14(2)22(30)33-21(18)23(3)20(29)10-19(24(13,23)31)28-11-16(26-27-28)12-32-17-7-5-15(25)6-8-17/h5-8,11,13,18-19,21,31H,2,4,9-10,12H2,1,3H3/t13-,18-,19-,21+,23-,24-/m0/s1. The van der Waals surface area contributed by atoms with Gasteiger partial charge in [-0.2, -0.15) is 0 Å². The number of ketones is 1. The normalized spacial score (nSPS) is 35.7. The zero-order valence-corrected chi connectivity index (χ0v) is 19.3. The lowest BCUT2D eigenvalue weighted by Crippen LogP contribution is -2.59. The first-order valence-electron chi connectivity index (χ1n) is 11.1. The molecule has 3 fully saturated rings. The van der Waals surface area contributed by atoms with Crippen LogP contribution >= 0.6 is 11.6 Å². The highest BCUT2D eigenvalue weighted by Gasteiger charge is 2.72. The van der Waals surface area contributed by atoms with Gasteiger partial charge in [0.25, 0.3) is 0 Å². The third-order valence-electron chi connectivity index (χ3n) is 7.92. The van der Waals surface area contributed by atoms with Crippen LogP contribution in [0.2, 0.25) is 5.02 Å². The molecule has 6 atom stereocenters. The molecule has 1 N–H and O–H groups in total. The van der Waals surface area contributed by atoms with Gasteiger partial charge in [-0.25, -0.2) is 9.48 Å². The van der Waals surface area contributed by atoms with Gasteiger partial charge < -0.3 is 14.6 Å². The highest BCUT2D eigenvalue weighted by Crippen LogP contribution is 2.61. The van der Waals surface area contributed by atoms with Crippen molar-refractivity contribution in [1.29, 1.82) is 0 Å². The number of Topliss-reactive ketones (excluding diaryl/α,β-unsaturated/α-hetero) is 1. The van der Waals surface area contributed by atoms with Gasteiger partial charge in [-0.05, 0) is 49.9 Å². The van der Waals surface area contributed by atoms with Crippen LogP contribution in [0.3, 0.4) is 0 Å². The Kier molecular flexibility index (Phi) is 5.14. The van der Waals surface area contributed by atoms with Crippen LogP contribution in [0.5, 0.6) is 5.75 Å². The fraction of sp³-hybridized carbons (Fsp3) is 0.500.